The molecule has 2 aromatic carbocycles. The molecule has 0 bridgehead atoms. The summed E-state index contributed by atoms with van der Waals surface area (Å²) in [6.45, 7) is 2.10. The van der Waals surface area contributed by atoms with Gasteiger partial charge in [0.2, 0.25) is 0 Å². The van der Waals surface area contributed by atoms with Gasteiger partial charge in [0.25, 0.3) is 0 Å². The summed E-state index contributed by atoms with van der Waals surface area (Å²) in [6.07, 6.45) is 3.83. The van der Waals surface area contributed by atoms with Gasteiger partial charge < -0.3 is 0 Å². The predicted octanol–water partition coefficient (Wildman–Crippen LogP) is 5.46. The molecule has 0 saturated heterocycles. The lowest BCUT2D eigenvalue weighted by molar-refractivity contribution is 1.28. The van der Waals surface area contributed by atoms with Gasteiger partial charge in [-0.1, -0.05) is 51.5 Å². The normalized spacial score (nSPS) is 10.8. The fourth-order valence-corrected chi connectivity index (χ4v) is 3.21. The van der Waals surface area contributed by atoms with Crippen LogP contribution in [0.5, 0.6) is 0 Å². The second-order valence-electron chi connectivity index (χ2n) is 4.42. The average Bonchev–Trinajstić information content (AvgIpc) is 2.42. The Morgan fingerprint density at radius 2 is 1.79 bits per heavy atom. The standard InChI is InChI=1S/C16H12BrNS/c1-11-2-6-14(7-3-11)19-16-10-18-9-12-4-5-13(17)8-15(12)16/h2-10H,1H3. The van der Waals surface area contributed by atoms with Crippen molar-refractivity contribution >= 4 is 38.5 Å². The average molecular weight is 330 g/mol. The van der Waals surface area contributed by atoms with Crippen LogP contribution in [0.25, 0.3) is 10.8 Å². The van der Waals surface area contributed by atoms with Crippen LogP contribution in [0.4, 0.5) is 0 Å². The topological polar surface area (TPSA) is 12.9 Å². The first kappa shape index (κ1) is 12.7. The van der Waals surface area contributed by atoms with Gasteiger partial charge in [-0.2, -0.15) is 0 Å². The largest absolute Gasteiger partial charge is 0.263 e. The summed E-state index contributed by atoms with van der Waals surface area (Å²) >= 11 is 5.28. The smallest absolute Gasteiger partial charge is 0.0414 e. The lowest BCUT2D eigenvalue weighted by Gasteiger charge is -2.06. The summed E-state index contributed by atoms with van der Waals surface area (Å²) < 4.78 is 1.09. The third kappa shape index (κ3) is 2.82. The van der Waals surface area contributed by atoms with Crippen molar-refractivity contribution in [1.29, 1.82) is 0 Å². The van der Waals surface area contributed by atoms with Gasteiger partial charge >= 0.3 is 0 Å². The van der Waals surface area contributed by atoms with Crippen molar-refractivity contribution in [1.82, 2.24) is 4.98 Å². The number of halogens is 1. The third-order valence-electron chi connectivity index (χ3n) is 2.94. The van der Waals surface area contributed by atoms with E-state index < -0.39 is 0 Å². The van der Waals surface area contributed by atoms with Gasteiger partial charge in [-0.25, -0.2) is 0 Å². The zero-order valence-corrected chi connectivity index (χ0v) is 12.8. The highest BCUT2D eigenvalue weighted by Crippen LogP contribution is 2.34. The highest BCUT2D eigenvalue weighted by atomic mass is 79.9. The minimum Gasteiger partial charge on any atom is -0.263 e. The van der Waals surface area contributed by atoms with Crippen molar-refractivity contribution in [2.75, 3.05) is 0 Å². The van der Waals surface area contributed by atoms with E-state index in [1.54, 1.807) is 11.8 Å². The van der Waals surface area contributed by atoms with Gasteiger partial charge in [0.15, 0.2) is 0 Å². The number of aromatic nitrogens is 1. The van der Waals surface area contributed by atoms with Crippen LogP contribution in [0.2, 0.25) is 0 Å². The SMILES string of the molecule is Cc1ccc(Sc2cncc3ccc(Br)cc23)cc1. The molecular formula is C16H12BrNS. The Hall–Kier alpha value is -1.32. The minimum absolute atomic E-state index is 1.09. The van der Waals surface area contributed by atoms with Gasteiger partial charge in [-0.3, -0.25) is 4.98 Å². The van der Waals surface area contributed by atoms with Crippen molar-refractivity contribution in [3.05, 3.63) is 64.9 Å². The zero-order chi connectivity index (χ0) is 13.2. The van der Waals surface area contributed by atoms with E-state index in [2.05, 4.69) is 64.2 Å². The molecule has 0 fully saturated rings. The quantitative estimate of drug-likeness (QED) is 0.619. The summed E-state index contributed by atoms with van der Waals surface area (Å²) in [5.74, 6) is 0. The Bertz CT molecular complexity index is 722. The summed E-state index contributed by atoms with van der Waals surface area (Å²) in [5, 5.41) is 2.40. The summed E-state index contributed by atoms with van der Waals surface area (Å²) in [7, 11) is 0. The molecule has 3 aromatic rings. The molecule has 1 nitrogen and oxygen atoms in total. The lowest BCUT2D eigenvalue weighted by atomic mass is 10.2. The van der Waals surface area contributed by atoms with Crippen molar-refractivity contribution in [2.24, 2.45) is 0 Å². The monoisotopic (exact) mass is 329 g/mol. The molecule has 0 radical (unpaired) electrons. The summed E-state index contributed by atoms with van der Waals surface area (Å²) in [6, 6.07) is 14.9. The molecule has 0 aliphatic heterocycles. The van der Waals surface area contributed by atoms with Crippen molar-refractivity contribution in [2.45, 2.75) is 16.7 Å². The van der Waals surface area contributed by atoms with Gasteiger partial charge in [0, 0.05) is 32.0 Å². The number of rotatable bonds is 2. The van der Waals surface area contributed by atoms with Gasteiger partial charge in [-0.05, 0) is 36.6 Å². The van der Waals surface area contributed by atoms with Crippen LogP contribution < -0.4 is 0 Å². The number of hydrogen-bond donors (Lipinski definition) is 0. The van der Waals surface area contributed by atoms with E-state index in [1.165, 1.54) is 26.1 Å². The summed E-state index contributed by atoms with van der Waals surface area (Å²) in [4.78, 5) is 6.74. The van der Waals surface area contributed by atoms with E-state index in [0.29, 0.717) is 0 Å². The molecule has 1 heterocycles. The molecule has 0 N–H and O–H groups in total. The number of pyridine rings is 1. The molecule has 19 heavy (non-hydrogen) atoms. The maximum Gasteiger partial charge on any atom is 0.0414 e. The second-order valence-corrected chi connectivity index (χ2v) is 6.45. The lowest BCUT2D eigenvalue weighted by Crippen LogP contribution is -1.82. The first-order valence-corrected chi connectivity index (χ1v) is 7.61. The zero-order valence-electron chi connectivity index (χ0n) is 10.4. The maximum absolute atomic E-state index is 4.32. The molecule has 1 aromatic heterocycles. The first-order valence-electron chi connectivity index (χ1n) is 6.00. The molecule has 0 amide bonds. The molecule has 0 atom stereocenters. The van der Waals surface area contributed by atoms with Crippen LogP contribution in [0.3, 0.4) is 0 Å². The van der Waals surface area contributed by atoms with E-state index >= 15 is 0 Å². The molecular weight excluding hydrogens is 318 g/mol. The molecule has 0 spiro atoms. The number of aryl methyl sites for hydroxylation is 1. The van der Waals surface area contributed by atoms with E-state index in [9.17, 15) is 0 Å². The Labute approximate surface area is 125 Å². The Morgan fingerprint density at radius 1 is 1.00 bits per heavy atom. The van der Waals surface area contributed by atoms with Crippen molar-refractivity contribution in [3.8, 4) is 0 Å². The van der Waals surface area contributed by atoms with E-state index in [1.807, 2.05) is 18.5 Å². The number of benzene rings is 2. The Morgan fingerprint density at radius 3 is 2.58 bits per heavy atom. The Kier molecular flexibility index (Phi) is 3.58. The predicted molar refractivity (Wildman–Crippen MR) is 84.7 cm³/mol. The van der Waals surface area contributed by atoms with Crippen molar-refractivity contribution < 1.29 is 0 Å². The maximum atomic E-state index is 4.32. The summed E-state index contributed by atoms with van der Waals surface area (Å²) in [5.41, 5.74) is 1.28. The molecule has 0 aliphatic rings. The molecule has 3 heteroatoms. The molecule has 94 valence electrons. The van der Waals surface area contributed by atoms with Crippen LogP contribution >= 0.6 is 27.7 Å². The molecule has 0 aliphatic carbocycles. The van der Waals surface area contributed by atoms with Gasteiger partial charge in [0.1, 0.15) is 0 Å². The highest BCUT2D eigenvalue weighted by Gasteiger charge is 2.04. The molecule has 3 rings (SSSR count). The second kappa shape index (κ2) is 5.35. The minimum atomic E-state index is 1.09. The van der Waals surface area contributed by atoms with Crippen LogP contribution in [-0.4, -0.2) is 4.98 Å². The van der Waals surface area contributed by atoms with Crippen LogP contribution in [0, 0.1) is 6.92 Å². The molecule has 0 unspecified atom stereocenters. The number of hydrogen-bond acceptors (Lipinski definition) is 2. The van der Waals surface area contributed by atoms with E-state index in [0.717, 1.165) is 4.47 Å². The highest BCUT2D eigenvalue weighted by molar-refractivity contribution is 9.10. The fourth-order valence-electron chi connectivity index (χ4n) is 1.92. The van der Waals surface area contributed by atoms with E-state index in [-0.39, 0.29) is 0 Å². The number of nitrogens with zero attached hydrogens (tertiary/aromatic N) is 1. The first-order chi connectivity index (χ1) is 9.22. The van der Waals surface area contributed by atoms with Gasteiger partial charge in [-0.15, -0.1) is 0 Å². The third-order valence-corrected chi connectivity index (χ3v) is 4.48. The van der Waals surface area contributed by atoms with Gasteiger partial charge in [0.05, 0.1) is 0 Å². The fraction of sp³-hybridized carbons (Fsp3) is 0.0625. The van der Waals surface area contributed by atoms with Crippen LogP contribution in [-0.2, 0) is 0 Å². The Balaban J connectivity index is 2.05. The van der Waals surface area contributed by atoms with Crippen LogP contribution in [0.15, 0.2) is 69.1 Å². The van der Waals surface area contributed by atoms with Crippen molar-refractivity contribution in [3.63, 3.8) is 0 Å². The van der Waals surface area contributed by atoms with E-state index in [4.69, 9.17) is 0 Å². The van der Waals surface area contributed by atoms with Crippen LogP contribution in [0.1, 0.15) is 5.56 Å². The number of fused-ring (bicyclic) bond motifs is 1. The molecule has 0 saturated carbocycles.